The van der Waals surface area contributed by atoms with Gasteiger partial charge >= 0.3 is 0 Å². The van der Waals surface area contributed by atoms with Gasteiger partial charge in [0.1, 0.15) is 18.2 Å². The van der Waals surface area contributed by atoms with Crippen LogP contribution in [-0.4, -0.2) is 21.5 Å². The van der Waals surface area contributed by atoms with E-state index in [0.717, 1.165) is 48.4 Å². The molecule has 1 N–H and O–H groups in total. The van der Waals surface area contributed by atoms with Crippen LogP contribution in [0.15, 0.2) is 24.8 Å². The molecule has 0 atom stereocenters. The Kier molecular flexibility index (Phi) is 5.22. The maximum atomic E-state index is 9.02. The third-order valence-electron chi connectivity index (χ3n) is 3.13. The van der Waals surface area contributed by atoms with E-state index in [-0.39, 0.29) is 0 Å². The molecule has 0 fully saturated rings. The van der Waals surface area contributed by atoms with Gasteiger partial charge in [-0.15, -0.1) is 0 Å². The Morgan fingerprint density at radius 2 is 2.05 bits per heavy atom. The standard InChI is InChI=1S/C16H19N5/c1-3-5-14-15(13-7-12(8-17)9-18-10-13)20-11-21-16(14)19-6-4-2/h7,9-11H,3-6H2,1-2H3,(H,19,20,21). The van der Waals surface area contributed by atoms with E-state index in [0.29, 0.717) is 5.56 Å². The third kappa shape index (κ3) is 3.54. The van der Waals surface area contributed by atoms with Crippen molar-refractivity contribution in [2.75, 3.05) is 11.9 Å². The van der Waals surface area contributed by atoms with Crippen molar-refractivity contribution in [3.63, 3.8) is 0 Å². The summed E-state index contributed by atoms with van der Waals surface area (Å²) in [4.78, 5) is 12.9. The first-order chi connectivity index (χ1) is 10.3. The van der Waals surface area contributed by atoms with E-state index in [1.165, 1.54) is 0 Å². The molecule has 2 aromatic rings. The summed E-state index contributed by atoms with van der Waals surface area (Å²) in [7, 11) is 0. The van der Waals surface area contributed by atoms with Crippen LogP contribution in [0.4, 0.5) is 5.82 Å². The molecule has 0 aliphatic heterocycles. The molecule has 0 amide bonds. The molecule has 0 aromatic carbocycles. The van der Waals surface area contributed by atoms with Gasteiger partial charge in [0.2, 0.25) is 0 Å². The minimum Gasteiger partial charge on any atom is -0.370 e. The molecule has 2 rings (SSSR count). The number of aromatic nitrogens is 3. The highest BCUT2D eigenvalue weighted by atomic mass is 15.0. The second-order valence-electron chi connectivity index (χ2n) is 4.80. The first kappa shape index (κ1) is 14.9. The highest BCUT2D eigenvalue weighted by Gasteiger charge is 2.13. The van der Waals surface area contributed by atoms with Crippen LogP contribution < -0.4 is 5.32 Å². The van der Waals surface area contributed by atoms with Crippen molar-refractivity contribution in [2.45, 2.75) is 33.1 Å². The van der Waals surface area contributed by atoms with Crippen LogP contribution in [0.5, 0.6) is 0 Å². The summed E-state index contributed by atoms with van der Waals surface area (Å²) < 4.78 is 0. The fraction of sp³-hybridized carbons (Fsp3) is 0.375. The first-order valence-corrected chi connectivity index (χ1v) is 7.23. The molecule has 21 heavy (non-hydrogen) atoms. The van der Waals surface area contributed by atoms with Crippen LogP contribution in [0.3, 0.4) is 0 Å². The van der Waals surface area contributed by atoms with Gasteiger partial charge in [0.05, 0.1) is 11.3 Å². The summed E-state index contributed by atoms with van der Waals surface area (Å²) >= 11 is 0. The maximum absolute atomic E-state index is 9.02. The van der Waals surface area contributed by atoms with Crippen molar-refractivity contribution in [1.82, 2.24) is 15.0 Å². The molecule has 2 aromatic heterocycles. The molecular formula is C16H19N5. The largest absolute Gasteiger partial charge is 0.370 e. The quantitative estimate of drug-likeness (QED) is 0.880. The molecule has 108 valence electrons. The van der Waals surface area contributed by atoms with Gasteiger partial charge in [-0.05, 0) is 18.9 Å². The summed E-state index contributed by atoms with van der Waals surface area (Å²) in [6.45, 7) is 5.13. The highest BCUT2D eigenvalue weighted by molar-refractivity contribution is 5.68. The Morgan fingerprint density at radius 1 is 1.19 bits per heavy atom. The normalized spacial score (nSPS) is 10.1. The summed E-state index contributed by atoms with van der Waals surface area (Å²) in [5.41, 5.74) is 3.34. The van der Waals surface area contributed by atoms with Crippen LogP contribution in [-0.2, 0) is 6.42 Å². The molecule has 5 heteroatoms. The van der Waals surface area contributed by atoms with Crippen LogP contribution >= 0.6 is 0 Å². The Labute approximate surface area is 125 Å². The number of hydrogen-bond acceptors (Lipinski definition) is 5. The van der Waals surface area contributed by atoms with E-state index in [4.69, 9.17) is 5.26 Å². The van der Waals surface area contributed by atoms with Crippen LogP contribution in [0.2, 0.25) is 0 Å². The number of nitrogens with one attached hydrogen (secondary N) is 1. The molecule has 2 heterocycles. The van der Waals surface area contributed by atoms with Gasteiger partial charge in [0.15, 0.2) is 0 Å². The second-order valence-corrected chi connectivity index (χ2v) is 4.80. The van der Waals surface area contributed by atoms with Crippen molar-refractivity contribution < 1.29 is 0 Å². The Balaban J connectivity index is 2.48. The zero-order valence-electron chi connectivity index (χ0n) is 12.4. The van der Waals surface area contributed by atoms with Gasteiger partial charge in [-0.1, -0.05) is 20.3 Å². The lowest BCUT2D eigenvalue weighted by Gasteiger charge is -2.13. The maximum Gasteiger partial charge on any atom is 0.133 e. The number of nitriles is 1. The van der Waals surface area contributed by atoms with Crippen molar-refractivity contribution in [3.05, 3.63) is 35.9 Å². The molecule has 0 aliphatic carbocycles. The van der Waals surface area contributed by atoms with Crippen molar-refractivity contribution in [1.29, 1.82) is 5.26 Å². The van der Waals surface area contributed by atoms with Crippen molar-refractivity contribution >= 4 is 5.82 Å². The van der Waals surface area contributed by atoms with Gasteiger partial charge in [0.25, 0.3) is 0 Å². The smallest absolute Gasteiger partial charge is 0.133 e. The third-order valence-corrected chi connectivity index (χ3v) is 3.13. The fourth-order valence-electron chi connectivity index (χ4n) is 2.17. The average molecular weight is 281 g/mol. The lowest BCUT2D eigenvalue weighted by molar-refractivity contribution is 0.892. The molecule has 0 radical (unpaired) electrons. The summed E-state index contributed by atoms with van der Waals surface area (Å²) in [5, 5.41) is 12.4. The molecule has 0 bridgehead atoms. The molecule has 0 saturated heterocycles. The van der Waals surface area contributed by atoms with Crippen LogP contribution in [0.25, 0.3) is 11.3 Å². The van der Waals surface area contributed by atoms with Crippen LogP contribution in [0.1, 0.15) is 37.8 Å². The zero-order chi connectivity index (χ0) is 15.1. The number of anilines is 1. The summed E-state index contributed by atoms with van der Waals surface area (Å²) in [6, 6.07) is 3.93. The van der Waals surface area contributed by atoms with E-state index in [2.05, 4.69) is 40.2 Å². The Hall–Kier alpha value is -2.48. The van der Waals surface area contributed by atoms with E-state index in [9.17, 15) is 0 Å². The average Bonchev–Trinajstić information content (AvgIpc) is 2.54. The van der Waals surface area contributed by atoms with Crippen molar-refractivity contribution in [3.8, 4) is 17.3 Å². The number of pyridine rings is 1. The molecular weight excluding hydrogens is 262 g/mol. The molecule has 0 saturated carbocycles. The number of nitrogens with zero attached hydrogens (tertiary/aromatic N) is 4. The van der Waals surface area contributed by atoms with Gasteiger partial charge in [-0.2, -0.15) is 5.26 Å². The van der Waals surface area contributed by atoms with Gasteiger partial charge < -0.3 is 5.32 Å². The molecule has 0 spiro atoms. The van der Waals surface area contributed by atoms with E-state index in [1.807, 2.05) is 6.07 Å². The first-order valence-electron chi connectivity index (χ1n) is 7.23. The topological polar surface area (TPSA) is 74.5 Å². The molecule has 0 unspecified atom stereocenters. The monoisotopic (exact) mass is 281 g/mol. The second kappa shape index (κ2) is 7.34. The van der Waals surface area contributed by atoms with Gasteiger partial charge in [-0.3, -0.25) is 4.98 Å². The van der Waals surface area contributed by atoms with Crippen molar-refractivity contribution in [2.24, 2.45) is 0 Å². The predicted molar refractivity (Wildman–Crippen MR) is 82.8 cm³/mol. The number of hydrogen-bond donors (Lipinski definition) is 1. The minimum absolute atomic E-state index is 0.539. The predicted octanol–water partition coefficient (Wildman–Crippen LogP) is 3.18. The van der Waals surface area contributed by atoms with Crippen LogP contribution in [0, 0.1) is 11.3 Å². The summed E-state index contributed by atoms with van der Waals surface area (Å²) in [6.07, 6.45) is 7.79. The SMILES string of the molecule is CCCNc1ncnc(-c2cncc(C#N)c2)c1CCC. The van der Waals surface area contributed by atoms with Gasteiger partial charge in [0, 0.05) is 30.1 Å². The summed E-state index contributed by atoms with van der Waals surface area (Å²) in [5.74, 6) is 0.881. The van der Waals surface area contributed by atoms with E-state index < -0.39 is 0 Å². The lowest BCUT2D eigenvalue weighted by Crippen LogP contribution is -2.08. The Morgan fingerprint density at radius 3 is 2.76 bits per heavy atom. The lowest BCUT2D eigenvalue weighted by atomic mass is 10.0. The fourth-order valence-corrected chi connectivity index (χ4v) is 2.17. The minimum atomic E-state index is 0.539. The van der Waals surface area contributed by atoms with E-state index in [1.54, 1.807) is 18.7 Å². The van der Waals surface area contributed by atoms with Gasteiger partial charge in [-0.25, -0.2) is 9.97 Å². The highest BCUT2D eigenvalue weighted by Crippen LogP contribution is 2.26. The molecule has 5 nitrogen and oxygen atoms in total. The Bertz CT molecular complexity index is 645. The zero-order valence-corrected chi connectivity index (χ0v) is 12.4. The van der Waals surface area contributed by atoms with E-state index >= 15 is 0 Å². The number of rotatable bonds is 6. The molecule has 0 aliphatic rings.